The lowest BCUT2D eigenvalue weighted by Crippen LogP contribution is -2.41. The molecule has 0 saturated carbocycles. The Bertz CT molecular complexity index is 764. The molecule has 0 radical (unpaired) electrons. The summed E-state index contributed by atoms with van der Waals surface area (Å²) in [4.78, 5) is 0. The predicted molar refractivity (Wildman–Crippen MR) is 96.2 cm³/mol. The van der Waals surface area contributed by atoms with Gasteiger partial charge in [0.15, 0.2) is 0 Å². The van der Waals surface area contributed by atoms with E-state index < -0.39 is 0 Å². The third-order valence-corrected chi connectivity index (χ3v) is 4.65. The number of benzene rings is 2. The second kappa shape index (κ2) is 6.01. The van der Waals surface area contributed by atoms with Crippen molar-refractivity contribution in [2.24, 2.45) is 0 Å². The van der Waals surface area contributed by atoms with Crippen molar-refractivity contribution in [2.75, 3.05) is 0 Å². The van der Waals surface area contributed by atoms with Gasteiger partial charge in [0.05, 0.1) is 11.2 Å². The molecule has 0 bridgehead atoms. The van der Waals surface area contributed by atoms with Crippen LogP contribution in [0.3, 0.4) is 0 Å². The second-order valence-corrected chi connectivity index (χ2v) is 7.01. The Hall–Kier alpha value is -2.22. The van der Waals surface area contributed by atoms with Crippen molar-refractivity contribution in [3.8, 4) is 17.6 Å². The van der Waals surface area contributed by atoms with E-state index in [4.69, 9.17) is 9.31 Å². The average Bonchev–Trinajstić information content (AvgIpc) is 2.75. The fourth-order valence-corrected chi connectivity index (χ4v) is 2.39. The van der Waals surface area contributed by atoms with Gasteiger partial charge in [-0.05, 0) is 69.6 Å². The summed E-state index contributed by atoms with van der Waals surface area (Å²) in [5, 5.41) is 9.28. The molecule has 0 atom stereocenters. The Morgan fingerprint density at radius 3 is 1.62 bits per heavy atom. The minimum atomic E-state index is -0.353. The molecule has 3 rings (SSSR count). The third-order valence-electron chi connectivity index (χ3n) is 4.65. The first kappa shape index (κ1) is 16.6. The standard InChI is InChI=1S/C20H21BO3/c1-19(2)20(3,4)24-21(23-19)17-11-7-15(8-12-17)5-6-16-9-13-18(22)14-10-16/h7-14,22H,1-4H3. The maximum absolute atomic E-state index is 9.28. The molecular formula is C20H21BO3. The highest BCUT2D eigenvalue weighted by Gasteiger charge is 2.51. The number of rotatable bonds is 1. The van der Waals surface area contributed by atoms with E-state index in [0.717, 1.165) is 16.6 Å². The van der Waals surface area contributed by atoms with Crippen molar-refractivity contribution in [3.63, 3.8) is 0 Å². The Morgan fingerprint density at radius 2 is 1.17 bits per heavy atom. The van der Waals surface area contributed by atoms with E-state index >= 15 is 0 Å². The third kappa shape index (κ3) is 3.33. The normalized spacial score (nSPS) is 18.1. The van der Waals surface area contributed by atoms with Crippen LogP contribution in [0.4, 0.5) is 0 Å². The molecule has 0 aromatic heterocycles. The quantitative estimate of drug-likeness (QED) is 0.648. The van der Waals surface area contributed by atoms with E-state index in [1.807, 2.05) is 52.0 Å². The highest BCUT2D eigenvalue weighted by molar-refractivity contribution is 6.62. The van der Waals surface area contributed by atoms with Crippen molar-refractivity contribution < 1.29 is 14.4 Å². The minimum absolute atomic E-state index is 0.243. The molecular weight excluding hydrogens is 299 g/mol. The minimum Gasteiger partial charge on any atom is -0.508 e. The maximum atomic E-state index is 9.28. The van der Waals surface area contributed by atoms with Crippen LogP contribution < -0.4 is 5.46 Å². The van der Waals surface area contributed by atoms with E-state index in [0.29, 0.717) is 0 Å². The van der Waals surface area contributed by atoms with E-state index in [2.05, 4.69) is 11.8 Å². The summed E-state index contributed by atoms with van der Waals surface area (Å²) < 4.78 is 12.1. The Balaban J connectivity index is 1.74. The molecule has 1 N–H and O–H groups in total. The fourth-order valence-electron chi connectivity index (χ4n) is 2.39. The number of aromatic hydroxyl groups is 1. The predicted octanol–water partition coefficient (Wildman–Crippen LogP) is 3.09. The van der Waals surface area contributed by atoms with Crippen LogP contribution in [-0.2, 0) is 9.31 Å². The van der Waals surface area contributed by atoms with Crippen molar-refractivity contribution in [2.45, 2.75) is 38.9 Å². The molecule has 0 aliphatic carbocycles. The fraction of sp³-hybridized carbons (Fsp3) is 0.300. The first-order chi connectivity index (χ1) is 11.3. The number of hydrogen-bond acceptors (Lipinski definition) is 3. The van der Waals surface area contributed by atoms with E-state index in [1.54, 1.807) is 24.3 Å². The van der Waals surface area contributed by atoms with Gasteiger partial charge in [0, 0.05) is 11.1 Å². The van der Waals surface area contributed by atoms with Gasteiger partial charge in [-0.25, -0.2) is 0 Å². The lowest BCUT2D eigenvalue weighted by atomic mass is 9.79. The van der Waals surface area contributed by atoms with Crippen LogP contribution in [0.15, 0.2) is 48.5 Å². The molecule has 1 fully saturated rings. The van der Waals surface area contributed by atoms with Crippen LogP contribution in [0.2, 0.25) is 0 Å². The first-order valence-electron chi connectivity index (χ1n) is 8.03. The van der Waals surface area contributed by atoms with E-state index in [1.165, 1.54) is 0 Å². The molecule has 1 saturated heterocycles. The molecule has 2 aromatic carbocycles. The summed E-state index contributed by atoms with van der Waals surface area (Å²) in [7, 11) is -0.353. The van der Waals surface area contributed by atoms with Crippen molar-refractivity contribution in [1.82, 2.24) is 0 Å². The number of phenolic OH excluding ortho intramolecular Hbond substituents is 1. The molecule has 1 aliphatic heterocycles. The summed E-state index contributed by atoms with van der Waals surface area (Å²) in [6.45, 7) is 8.18. The zero-order chi connectivity index (χ0) is 17.4. The maximum Gasteiger partial charge on any atom is 0.494 e. The first-order valence-corrected chi connectivity index (χ1v) is 8.03. The summed E-state index contributed by atoms with van der Waals surface area (Å²) in [6.07, 6.45) is 0. The van der Waals surface area contributed by atoms with E-state index in [9.17, 15) is 5.11 Å². The van der Waals surface area contributed by atoms with Gasteiger partial charge in [-0.1, -0.05) is 24.0 Å². The van der Waals surface area contributed by atoms with Crippen molar-refractivity contribution in [1.29, 1.82) is 0 Å². The zero-order valence-electron chi connectivity index (χ0n) is 14.5. The second-order valence-electron chi connectivity index (χ2n) is 7.01. The van der Waals surface area contributed by atoms with Crippen LogP contribution in [0.5, 0.6) is 5.75 Å². The van der Waals surface area contributed by atoms with Crippen LogP contribution in [0, 0.1) is 11.8 Å². The molecule has 1 heterocycles. The van der Waals surface area contributed by atoms with Crippen LogP contribution in [0.25, 0.3) is 0 Å². The summed E-state index contributed by atoms with van der Waals surface area (Å²) >= 11 is 0. The van der Waals surface area contributed by atoms with E-state index in [-0.39, 0.29) is 24.1 Å². The highest BCUT2D eigenvalue weighted by atomic mass is 16.7. The zero-order valence-corrected chi connectivity index (χ0v) is 14.5. The summed E-state index contributed by atoms with van der Waals surface area (Å²) in [5.74, 6) is 6.44. The Morgan fingerprint density at radius 1 is 0.750 bits per heavy atom. The molecule has 2 aromatic rings. The smallest absolute Gasteiger partial charge is 0.494 e. The van der Waals surface area contributed by atoms with Gasteiger partial charge >= 0.3 is 7.12 Å². The lowest BCUT2D eigenvalue weighted by molar-refractivity contribution is 0.00578. The topological polar surface area (TPSA) is 38.7 Å². The monoisotopic (exact) mass is 320 g/mol. The highest BCUT2D eigenvalue weighted by Crippen LogP contribution is 2.36. The van der Waals surface area contributed by atoms with Crippen LogP contribution in [0.1, 0.15) is 38.8 Å². The van der Waals surface area contributed by atoms with Crippen LogP contribution in [-0.4, -0.2) is 23.4 Å². The average molecular weight is 320 g/mol. The van der Waals surface area contributed by atoms with Crippen molar-refractivity contribution >= 4 is 12.6 Å². The van der Waals surface area contributed by atoms with Gasteiger partial charge in [-0.3, -0.25) is 0 Å². The van der Waals surface area contributed by atoms with Gasteiger partial charge in [0.2, 0.25) is 0 Å². The molecule has 3 nitrogen and oxygen atoms in total. The molecule has 24 heavy (non-hydrogen) atoms. The van der Waals surface area contributed by atoms with Gasteiger partial charge in [-0.2, -0.15) is 0 Å². The largest absolute Gasteiger partial charge is 0.508 e. The number of phenols is 1. The van der Waals surface area contributed by atoms with Gasteiger partial charge in [-0.15, -0.1) is 0 Å². The number of hydrogen-bond donors (Lipinski definition) is 1. The van der Waals surface area contributed by atoms with Gasteiger partial charge < -0.3 is 14.4 Å². The molecule has 122 valence electrons. The molecule has 0 spiro atoms. The Labute approximate surface area is 143 Å². The molecule has 0 unspecified atom stereocenters. The van der Waals surface area contributed by atoms with Gasteiger partial charge in [0.25, 0.3) is 0 Å². The molecule has 0 amide bonds. The van der Waals surface area contributed by atoms with Crippen LogP contribution >= 0.6 is 0 Å². The van der Waals surface area contributed by atoms with Gasteiger partial charge in [0.1, 0.15) is 5.75 Å². The summed E-state index contributed by atoms with van der Waals surface area (Å²) in [6, 6.07) is 14.8. The summed E-state index contributed by atoms with van der Waals surface area (Å²) in [5.41, 5.74) is 2.10. The lowest BCUT2D eigenvalue weighted by Gasteiger charge is -2.32. The molecule has 1 aliphatic rings. The SMILES string of the molecule is CC1(C)OB(c2ccc(C#Cc3ccc(O)cc3)cc2)OC1(C)C. The van der Waals surface area contributed by atoms with Crippen molar-refractivity contribution in [3.05, 3.63) is 59.7 Å². The Kier molecular flexibility index (Phi) is 4.17. The molecule has 4 heteroatoms.